The lowest BCUT2D eigenvalue weighted by Gasteiger charge is -2.30. The number of hydrogen-bond donors (Lipinski definition) is 2. The molecule has 5 fully saturated rings. The predicted octanol–water partition coefficient (Wildman–Crippen LogP) is 1.15. The Hall–Kier alpha value is -1.63. The van der Waals surface area contributed by atoms with Gasteiger partial charge in [0.05, 0.1) is 6.04 Å². The Morgan fingerprint density at radius 2 is 1.48 bits per heavy atom. The number of nitrogens with zero attached hydrogens (tertiary/aromatic N) is 2. The lowest BCUT2D eigenvalue weighted by molar-refractivity contribution is -0.140. The summed E-state index contributed by atoms with van der Waals surface area (Å²) < 4.78 is 0. The second-order valence-electron chi connectivity index (χ2n) is 10.0. The molecule has 2 atom stereocenters. The van der Waals surface area contributed by atoms with Crippen LogP contribution >= 0.6 is 0 Å². The molecule has 0 aromatic carbocycles. The zero-order valence-electron chi connectivity index (χ0n) is 17.2. The average Bonchev–Trinajstić information content (AvgIpc) is 3.54. The van der Waals surface area contributed by atoms with Crippen LogP contribution < -0.4 is 11.1 Å². The molecule has 0 radical (unpaired) electrons. The highest BCUT2D eigenvalue weighted by atomic mass is 16.2. The van der Waals surface area contributed by atoms with E-state index >= 15 is 0 Å². The zero-order valence-corrected chi connectivity index (χ0v) is 17.2. The molecule has 0 spiro atoms. The van der Waals surface area contributed by atoms with Gasteiger partial charge in [-0.05, 0) is 70.6 Å². The van der Waals surface area contributed by atoms with Gasteiger partial charge >= 0.3 is 0 Å². The summed E-state index contributed by atoms with van der Waals surface area (Å²) in [5, 5.41) is 3.20. The highest BCUT2D eigenvalue weighted by molar-refractivity contribution is 5.91. The molecule has 4 aliphatic carbocycles. The first-order valence-corrected chi connectivity index (χ1v) is 11.7. The van der Waals surface area contributed by atoms with Crippen molar-refractivity contribution < 1.29 is 14.4 Å². The van der Waals surface area contributed by atoms with Crippen LogP contribution in [0.4, 0.5) is 0 Å². The van der Waals surface area contributed by atoms with Gasteiger partial charge in [-0.1, -0.05) is 0 Å². The largest absolute Gasteiger partial charge is 0.352 e. The number of likely N-dealkylation sites (tertiary alicyclic amines) is 1. The summed E-state index contributed by atoms with van der Waals surface area (Å²) >= 11 is 0. The maximum absolute atomic E-state index is 13.2. The van der Waals surface area contributed by atoms with Crippen LogP contribution in [-0.4, -0.2) is 64.3 Å². The second-order valence-corrected chi connectivity index (χ2v) is 10.0. The SMILES string of the molecule is NC1CCC(NC(=O)C2CC(N(C(=O)C3CC3)C3CC3)CN2C(=O)C2CC2)CC1. The van der Waals surface area contributed by atoms with Gasteiger partial charge in [0.1, 0.15) is 6.04 Å². The minimum atomic E-state index is -0.433. The fraction of sp³-hybridized carbons (Fsp3) is 0.864. The van der Waals surface area contributed by atoms with Crippen LogP contribution in [0.15, 0.2) is 0 Å². The Bertz CT molecular complexity index is 678. The summed E-state index contributed by atoms with van der Waals surface area (Å²) in [4.78, 5) is 42.9. The predicted molar refractivity (Wildman–Crippen MR) is 108 cm³/mol. The lowest BCUT2D eigenvalue weighted by atomic mass is 9.91. The lowest BCUT2D eigenvalue weighted by Crippen LogP contribution is -2.50. The first-order chi connectivity index (χ1) is 14.0. The number of carbonyl (C=O) groups excluding carboxylic acids is 3. The molecular weight excluding hydrogens is 368 g/mol. The van der Waals surface area contributed by atoms with Crippen LogP contribution in [0.3, 0.4) is 0 Å². The summed E-state index contributed by atoms with van der Waals surface area (Å²) in [7, 11) is 0. The van der Waals surface area contributed by atoms with Crippen molar-refractivity contribution in [2.45, 2.75) is 101 Å². The smallest absolute Gasteiger partial charge is 0.243 e. The monoisotopic (exact) mass is 402 g/mol. The molecule has 4 saturated carbocycles. The molecule has 1 heterocycles. The van der Waals surface area contributed by atoms with Gasteiger partial charge in [0, 0.05) is 36.5 Å². The molecule has 1 saturated heterocycles. The van der Waals surface area contributed by atoms with E-state index in [0.29, 0.717) is 19.0 Å². The van der Waals surface area contributed by atoms with Gasteiger partial charge < -0.3 is 20.9 Å². The van der Waals surface area contributed by atoms with Crippen LogP contribution in [0, 0.1) is 11.8 Å². The van der Waals surface area contributed by atoms with E-state index in [9.17, 15) is 14.4 Å². The normalized spacial score (nSPS) is 34.7. The van der Waals surface area contributed by atoms with E-state index in [4.69, 9.17) is 5.73 Å². The highest BCUT2D eigenvalue weighted by Crippen LogP contribution is 2.41. The van der Waals surface area contributed by atoms with Crippen molar-refractivity contribution in [3.8, 4) is 0 Å². The Morgan fingerprint density at radius 3 is 2.07 bits per heavy atom. The van der Waals surface area contributed by atoms with E-state index in [-0.39, 0.29) is 47.7 Å². The number of hydrogen-bond acceptors (Lipinski definition) is 4. The first-order valence-electron chi connectivity index (χ1n) is 11.7. The van der Waals surface area contributed by atoms with Gasteiger partial charge in [-0.25, -0.2) is 0 Å². The van der Waals surface area contributed by atoms with Crippen molar-refractivity contribution in [3.63, 3.8) is 0 Å². The molecule has 2 unspecified atom stereocenters. The van der Waals surface area contributed by atoms with E-state index < -0.39 is 6.04 Å². The fourth-order valence-electron chi connectivity index (χ4n) is 5.18. The molecule has 0 aromatic rings. The van der Waals surface area contributed by atoms with Crippen LogP contribution in [0.25, 0.3) is 0 Å². The zero-order chi connectivity index (χ0) is 20.1. The average molecular weight is 403 g/mol. The summed E-state index contributed by atoms with van der Waals surface area (Å²) in [6, 6.07) is 0.290. The van der Waals surface area contributed by atoms with E-state index in [1.807, 2.05) is 4.90 Å². The fourth-order valence-corrected chi connectivity index (χ4v) is 5.18. The third kappa shape index (κ3) is 4.16. The molecule has 1 aliphatic heterocycles. The second kappa shape index (κ2) is 7.56. The van der Waals surface area contributed by atoms with Gasteiger partial charge in [-0.2, -0.15) is 0 Å². The summed E-state index contributed by atoms with van der Waals surface area (Å²) in [6.45, 7) is 0.526. The molecule has 160 valence electrons. The van der Waals surface area contributed by atoms with Crippen molar-refractivity contribution in [3.05, 3.63) is 0 Å². The maximum atomic E-state index is 13.2. The first kappa shape index (κ1) is 19.3. The van der Waals surface area contributed by atoms with Gasteiger partial charge in [-0.3, -0.25) is 14.4 Å². The molecule has 5 aliphatic rings. The summed E-state index contributed by atoms with van der Waals surface area (Å²) in [5.41, 5.74) is 5.99. The quantitative estimate of drug-likeness (QED) is 0.697. The van der Waals surface area contributed by atoms with Crippen molar-refractivity contribution in [1.82, 2.24) is 15.1 Å². The van der Waals surface area contributed by atoms with Crippen molar-refractivity contribution >= 4 is 17.7 Å². The van der Waals surface area contributed by atoms with Crippen LogP contribution in [-0.2, 0) is 14.4 Å². The third-order valence-electron chi connectivity index (χ3n) is 7.42. The molecule has 7 heteroatoms. The Morgan fingerprint density at radius 1 is 0.828 bits per heavy atom. The van der Waals surface area contributed by atoms with E-state index in [1.54, 1.807) is 0 Å². The van der Waals surface area contributed by atoms with Gasteiger partial charge in [-0.15, -0.1) is 0 Å². The Balaban J connectivity index is 1.29. The molecule has 0 aromatic heterocycles. The maximum Gasteiger partial charge on any atom is 0.243 e. The van der Waals surface area contributed by atoms with Crippen molar-refractivity contribution in [2.75, 3.05) is 6.54 Å². The van der Waals surface area contributed by atoms with Crippen LogP contribution in [0.2, 0.25) is 0 Å². The molecule has 29 heavy (non-hydrogen) atoms. The molecular formula is C22H34N4O3. The molecule has 5 rings (SSSR count). The highest BCUT2D eigenvalue weighted by Gasteiger charge is 2.50. The van der Waals surface area contributed by atoms with Gasteiger partial charge in [0.2, 0.25) is 17.7 Å². The minimum absolute atomic E-state index is 0.00571. The third-order valence-corrected chi connectivity index (χ3v) is 7.42. The topological polar surface area (TPSA) is 95.7 Å². The van der Waals surface area contributed by atoms with E-state index in [2.05, 4.69) is 10.2 Å². The minimum Gasteiger partial charge on any atom is -0.352 e. The van der Waals surface area contributed by atoms with Gasteiger partial charge in [0.15, 0.2) is 0 Å². The Kier molecular flexibility index (Phi) is 5.04. The number of carbonyl (C=O) groups is 3. The van der Waals surface area contributed by atoms with E-state index in [0.717, 1.165) is 64.2 Å². The molecule has 0 bridgehead atoms. The van der Waals surface area contributed by atoms with Crippen LogP contribution in [0.5, 0.6) is 0 Å². The standard InChI is InChI=1S/C22H34N4O3/c23-15-5-7-16(8-6-15)24-20(27)19-11-18(12-25(19)21(28)13-1-2-13)26(17-9-10-17)22(29)14-3-4-14/h13-19H,1-12,23H2,(H,24,27). The van der Waals surface area contributed by atoms with Gasteiger partial charge in [0.25, 0.3) is 0 Å². The van der Waals surface area contributed by atoms with Crippen molar-refractivity contribution in [2.24, 2.45) is 17.6 Å². The molecule has 7 nitrogen and oxygen atoms in total. The Labute approximate surface area is 172 Å². The molecule has 3 amide bonds. The number of rotatable bonds is 6. The van der Waals surface area contributed by atoms with E-state index in [1.165, 1.54) is 0 Å². The van der Waals surface area contributed by atoms with Crippen molar-refractivity contribution in [1.29, 1.82) is 0 Å². The number of nitrogens with two attached hydrogens (primary N) is 1. The number of nitrogens with one attached hydrogen (secondary N) is 1. The van der Waals surface area contributed by atoms with Crippen LogP contribution in [0.1, 0.15) is 70.6 Å². The summed E-state index contributed by atoms with van der Waals surface area (Å²) in [6.07, 6.45) is 10.3. The number of amides is 3. The summed E-state index contributed by atoms with van der Waals surface area (Å²) in [5.74, 6) is 0.621. The molecule has 3 N–H and O–H groups in total.